The maximum atomic E-state index is 12.7. The third-order valence-electron chi connectivity index (χ3n) is 4.19. The fourth-order valence-electron chi connectivity index (χ4n) is 2.81. The first-order chi connectivity index (χ1) is 11.3. The summed E-state index contributed by atoms with van der Waals surface area (Å²) in [6, 6.07) is 0.0932. The van der Waals surface area contributed by atoms with Gasteiger partial charge >= 0.3 is 11.8 Å². The molecule has 1 aliphatic carbocycles. The minimum Gasteiger partial charge on any atom is -0.377 e. The van der Waals surface area contributed by atoms with E-state index in [1.807, 2.05) is 0 Å². The number of morpholine rings is 1. The van der Waals surface area contributed by atoms with Crippen molar-refractivity contribution in [2.75, 3.05) is 19.8 Å². The van der Waals surface area contributed by atoms with Crippen molar-refractivity contribution in [1.29, 1.82) is 0 Å². The Kier molecular flexibility index (Phi) is 3.74. The number of rotatable bonds is 4. The van der Waals surface area contributed by atoms with E-state index in [9.17, 15) is 4.79 Å². The molecule has 1 unspecified atom stereocenters. The fourth-order valence-corrected chi connectivity index (χ4v) is 2.81. The molecule has 2 fully saturated rings. The van der Waals surface area contributed by atoms with Crippen molar-refractivity contribution >= 4 is 5.91 Å². The van der Waals surface area contributed by atoms with E-state index in [4.69, 9.17) is 9.26 Å². The van der Waals surface area contributed by atoms with Crippen LogP contribution in [-0.2, 0) is 4.74 Å². The molecule has 3 heterocycles. The van der Waals surface area contributed by atoms with Gasteiger partial charge in [0.25, 0.3) is 0 Å². The Morgan fingerprint density at radius 3 is 3.04 bits per heavy atom. The number of hydrogen-bond donors (Lipinski definition) is 0. The molecule has 0 N–H and O–H groups in total. The molecule has 2 aromatic heterocycles. The fraction of sp³-hybridized carbons (Fsp3) is 0.533. The van der Waals surface area contributed by atoms with E-state index in [2.05, 4.69) is 20.1 Å². The van der Waals surface area contributed by atoms with Crippen LogP contribution < -0.4 is 0 Å². The van der Waals surface area contributed by atoms with E-state index < -0.39 is 0 Å². The standard InChI is InChI=1S/C15H17N5O3/c21-15(20-5-6-22-9-11(20)7-10-1-2-10)14-18-13(19-23-14)12-8-16-3-4-17-12/h3-4,8,10-11H,1-2,5-7,9H2. The molecule has 0 bridgehead atoms. The molecule has 0 spiro atoms. The zero-order valence-corrected chi connectivity index (χ0v) is 12.6. The van der Waals surface area contributed by atoms with Gasteiger partial charge in [0.05, 0.1) is 25.5 Å². The number of amides is 1. The normalized spacial score (nSPS) is 21.4. The molecule has 2 aliphatic rings. The first-order valence-electron chi connectivity index (χ1n) is 7.80. The van der Waals surface area contributed by atoms with Crippen LogP contribution in [0.5, 0.6) is 0 Å². The van der Waals surface area contributed by atoms with Crippen LogP contribution in [0.2, 0.25) is 0 Å². The second kappa shape index (κ2) is 6.04. The Morgan fingerprint density at radius 2 is 2.26 bits per heavy atom. The van der Waals surface area contributed by atoms with Crippen molar-refractivity contribution in [3.05, 3.63) is 24.5 Å². The summed E-state index contributed by atoms with van der Waals surface area (Å²) in [4.78, 5) is 26.7. The van der Waals surface area contributed by atoms with E-state index in [0.29, 0.717) is 25.5 Å². The van der Waals surface area contributed by atoms with Gasteiger partial charge in [0.15, 0.2) is 0 Å². The smallest absolute Gasteiger partial charge is 0.316 e. The third kappa shape index (κ3) is 3.07. The van der Waals surface area contributed by atoms with Crippen LogP contribution in [0, 0.1) is 5.92 Å². The van der Waals surface area contributed by atoms with Crippen molar-refractivity contribution < 1.29 is 14.1 Å². The SMILES string of the molecule is O=C(c1nc(-c2cnccn2)no1)N1CCOCC1CC1CC1. The Labute approximate surface area is 132 Å². The molecule has 1 aliphatic heterocycles. The van der Waals surface area contributed by atoms with Gasteiger partial charge in [0.2, 0.25) is 5.82 Å². The lowest BCUT2D eigenvalue weighted by molar-refractivity contribution is -0.00796. The maximum absolute atomic E-state index is 12.7. The number of aromatic nitrogens is 4. The minimum atomic E-state index is -0.235. The predicted molar refractivity (Wildman–Crippen MR) is 78.3 cm³/mol. The molecule has 0 radical (unpaired) electrons. The highest BCUT2D eigenvalue weighted by molar-refractivity contribution is 5.90. The average Bonchev–Trinajstić information content (AvgIpc) is 3.27. The molecule has 120 valence electrons. The Bertz CT molecular complexity index is 685. The third-order valence-corrected chi connectivity index (χ3v) is 4.19. The van der Waals surface area contributed by atoms with Crippen molar-refractivity contribution in [1.82, 2.24) is 25.0 Å². The molecule has 0 aromatic carbocycles. The van der Waals surface area contributed by atoms with E-state index in [1.54, 1.807) is 17.3 Å². The highest BCUT2D eigenvalue weighted by Gasteiger charge is 2.35. The topological polar surface area (TPSA) is 94.2 Å². The van der Waals surface area contributed by atoms with Gasteiger partial charge in [-0.15, -0.1) is 0 Å². The summed E-state index contributed by atoms with van der Waals surface area (Å²) < 4.78 is 10.7. The van der Waals surface area contributed by atoms with Crippen LogP contribution in [0.15, 0.2) is 23.1 Å². The van der Waals surface area contributed by atoms with Crippen molar-refractivity contribution in [3.8, 4) is 11.5 Å². The van der Waals surface area contributed by atoms with Gasteiger partial charge in [0.1, 0.15) is 5.69 Å². The van der Waals surface area contributed by atoms with E-state index in [0.717, 1.165) is 12.3 Å². The lowest BCUT2D eigenvalue weighted by Gasteiger charge is -2.34. The molecule has 8 nitrogen and oxygen atoms in total. The molecule has 2 aromatic rings. The zero-order chi connectivity index (χ0) is 15.6. The first kappa shape index (κ1) is 14.3. The Hall–Kier alpha value is -2.35. The van der Waals surface area contributed by atoms with Gasteiger partial charge in [-0.25, -0.2) is 4.98 Å². The number of ether oxygens (including phenoxy) is 1. The predicted octanol–water partition coefficient (Wildman–Crippen LogP) is 1.17. The van der Waals surface area contributed by atoms with Gasteiger partial charge in [-0.2, -0.15) is 4.98 Å². The van der Waals surface area contributed by atoms with Gasteiger partial charge in [-0.3, -0.25) is 9.78 Å². The summed E-state index contributed by atoms with van der Waals surface area (Å²) in [6.45, 7) is 1.67. The monoisotopic (exact) mass is 315 g/mol. The lowest BCUT2D eigenvalue weighted by atomic mass is 10.1. The van der Waals surface area contributed by atoms with Crippen LogP contribution in [0.4, 0.5) is 0 Å². The highest BCUT2D eigenvalue weighted by Crippen LogP contribution is 2.35. The second-order valence-electron chi connectivity index (χ2n) is 5.92. The molecule has 1 saturated heterocycles. The number of carbonyl (C=O) groups excluding carboxylic acids is 1. The molecule has 4 rings (SSSR count). The van der Waals surface area contributed by atoms with Crippen molar-refractivity contribution in [2.24, 2.45) is 5.92 Å². The molecular formula is C15H17N5O3. The first-order valence-corrected chi connectivity index (χ1v) is 7.80. The van der Waals surface area contributed by atoms with Gasteiger partial charge < -0.3 is 14.2 Å². The maximum Gasteiger partial charge on any atom is 0.316 e. The number of carbonyl (C=O) groups is 1. The summed E-state index contributed by atoms with van der Waals surface area (Å²) in [5.74, 6) is 0.748. The van der Waals surface area contributed by atoms with Crippen molar-refractivity contribution in [3.63, 3.8) is 0 Å². The molecule has 1 atom stereocenters. The highest BCUT2D eigenvalue weighted by atomic mass is 16.5. The molecular weight excluding hydrogens is 298 g/mol. The quantitative estimate of drug-likeness (QED) is 0.835. The summed E-state index contributed by atoms with van der Waals surface area (Å²) >= 11 is 0. The van der Waals surface area contributed by atoms with Crippen LogP contribution in [0.1, 0.15) is 29.9 Å². The average molecular weight is 315 g/mol. The van der Waals surface area contributed by atoms with Crippen LogP contribution in [-0.4, -0.2) is 56.7 Å². The zero-order valence-electron chi connectivity index (χ0n) is 12.6. The van der Waals surface area contributed by atoms with Crippen LogP contribution in [0.25, 0.3) is 11.5 Å². The largest absolute Gasteiger partial charge is 0.377 e. The van der Waals surface area contributed by atoms with Gasteiger partial charge in [0, 0.05) is 18.9 Å². The molecule has 1 amide bonds. The summed E-state index contributed by atoms with van der Waals surface area (Å²) in [7, 11) is 0. The Balaban J connectivity index is 1.52. The van der Waals surface area contributed by atoms with E-state index in [-0.39, 0.29) is 23.7 Å². The lowest BCUT2D eigenvalue weighted by Crippen LogP contribution is -2.49. The summed E-state index contributed by atoms with van der Waals surface area (Å²) in [5, 5.41) is 3.83. The van der Waals surface area contributed by atoms with Gasteiger partial charge in [-0.1, -0.05) is 18.0 Å². The van der Waals surface area contributed by atoms with Crippen LogP contribution in [0.3, 0.4) is 0 Å². The molecule has 8 heteroatoms. The van der Waals surface area contributed by atoms with Crippen LogP contribution >= 0.6 is 0 Å². The number of nitrogens with zero attached hydrogens (tertiary/aromatic N) is 5. The minimum absolute atomic E-state index is 0.00616. The van der Waals surface area contributed by atoms with E-state index in [1.165, 1.54) is 19.0 Å². The molecule has 1 saturated carbocycles. The second-order valence-corrected chi connectivity index (χ2v) is 5.92. The summed E-state index contributed by atoms with van der Waals surface area (Å²) in [5.41, 5.74) is 0.479. The van der Waals surface area contributed by atoms with Crippen molar-refractivity contribution in [2.45, 2.75) is 25.3 Å². The Morgan fingerprint density at radius 1 is 1.35 bits per heavy atom. The van der Waals surface area contributed by atoms with E-state index >= 15 is 0 Å². The number of hydrogen-bond acceptors (Lipinski definition) is 7. The summed E-state index contributed by atoms with van der Waals surface area (Å²) in [6.07, 6.45) is 8.11. The van der Waals surface area contributed by atoms with Gasteiger partial charge in [-0.05, 0) is 12.3 Å². The molecule has 23 heavy (non-hydrogen) atoms.